The molecule has 1 heterocycles. The molecular formula is C17H15ClN2O. The summed E-state index contributed by atoms with van der Waals surface area (Å²) in [5.41, 5.74) is 9.04. The van der Waals surface area contributed by atoms with E-state index in [0.29, 0.717) is 17.1 Å². The molecule has 0 aliphatic heterocycles. The highest BCUT2D eigenvalue weighted by molar-refractivity contribution is 6.31. The molecule has 0 spiro atoms. The standard InChI is InChI=1S/C17H15ClN2O/c1-11-2-3-12-6-7-20(16(12)8-11)10-14-5-4-13(17(19)21)9-15(14)18/h2-9H,10H2,1H3,(H2,19,21). The van der Waals surface area contributed by atoms with E-state index in [1.165, 1.54) is 16.5 Å². The Bertz CT molecular complexity index is 836. The van der Waals surface area contributed by atoms with Crippen molar-refractivity contribution in [3.8, 4) is 0 Å². The fourth-order valence-corrected chi connectivity index (χ4v) is 2.68. The van der Waals surface area contributed by atoms with Crippen molar-refractivity contribution in [2.24, 2.45) is 5.73 Å². The van der Waals surface area contributed by atoms with Gasteiger partial charge >= 0.3 is 0 Å². The molecule has 4 heteroatoms. The Kier molecular flexibility index (Phi) is 3.43. The Hall–Kier alpha value is -2.26. The number of nitrogens with two attached hydrogens (primary N) is 1. The van der Waals surface area contributed by atoms with Gasteiger partial charge in [-0.3, -0.25) is 4.79 Å². The summed E-state index contributed by atoms with van der Waals surface area (Å²) < 4.78 is 2.15. The van der Waals surface area contributed by atoms with E-state index in [-0.39, 0.29) is 0 Å². The van der Waals surface area contributed by atoms with Gasteiger partial charge in [-0.25, -0.2) is 0 Å². The minimum atomic E-state index is -0.467. The van der Waals surface area contributed by atoms with Gasteiger partial charge in [0.25, 0.3) is 0 Å². The second kappa shape index (κ2) is 5.26. The number of amides is 1. The van der Waals surface area contributed by atoms with Gasteiger partial charge in [-0.15, -0.1) is 0 Å². The maximum Gasteiger partial charge on any atom is 0.248 e. The van der Waals surface area contributed by atoms with Crippen molar-refractivity contribution in [2.75, 3.05) is 0 Å². The molecule has 3 aromatic rings. The van der Waals surface area contributed by atoms with E-state index in [1.54, 1.807) is 12.1 Å². The van der Waals surface area contributed by atoms with Crippen LogP contribution in [-0.2, 0) is 6.54 Å². The van der Waals surface area contributed by atoms with E-state index >= 15 is 0 Å². The highest BCUT2D eigenvalue weighted by Crippen LogP contribution is 2.23. The Morgan fingerprint density at radius 3 is 2.71 bits per heavy atom. The van der Waals surface area contributed by atoms with Gasteiger partial charge in [-0.05, 0) is 47.7 Å². The Morgan fingerprint density at radius 1 is 1.19 bits per heavy atom. The van der Waals surface area contributed by atoms with Crippen LogP contribution in [0.3, 0.4) is 0 Å². The maximum absolute atomic E-state index is 11.2. The van der Waals surface area contributed by atoms with Crippen molar-refractivity contribution in [3.63, 3.8) is 0 Å². The zero-order valence-electron chi connectivity index (χ0n) is 11.6. The van der Waals surface area contributed by atoms with Gasteiger partial charge in [0.15, 0.2) is 0 Å². The zero-order chi connectivity index (χ0) is 15.0. The summed E-state index contributed by atoms with van der Waals surface area (Å²) in [6, 6.07) is 13.6. The van der Waals surface area contributed by atoms with Crippen molar-refractivity contribution in [1.82, 2.24) is 4.57 Å². The molecule has 0 bridgehead atoms. The van der Waals surface area contributed by atoms with Crippen LogP contribution in [0.2, 0.25) is 5.02 Å². The molecular weight excluding hydrogens is 284 g/mol. The Morgan fingerprint density at radius 2 is 2.00 bits per heavy atom. The van der Waals surface area contributed by atoms with Gasteiger partial charge in [-0.2, -0.15) is 0 Å². The van der Waals surface area contributed by atoms with Crippen LogP contribution in [-0.4, -0.2) is 10.5 Å². The third-order valence-corrected chi connectivity index (χ3v) is 3.96. The zero-order valence-corrected chi connectivity index (χ0v) is 12.4. The lowest BCUT2D eigenvalue weighted by Gasteiger charge is -2.09. The van der Waals surface area contributed by atoms with Crippen LogP contribution in [0.15, 0.2) is 48.7 Å². The van der Waals surface area contributed by atoms with Crippen molar-refractivity contribution >= 4 is 28.4 Å². The number of carbonyl (C=O) groups is 1. The van der Waals surface area contributed by atoms with Gasteiger partial charge < -0.3 is 10.3 Å². The summed E-state index contributed by atoms with van der Waals surface area (Å²) in [4.78, 5) is 11.2. The summed E-state index contributed by atoms with van der Waals surface area (Å²) in [7, 11) is 0. The van der Waals surface area contributed by atoms with E-state index in [4.69, 9.17) is 17.3 Å². The van der Waals surface area contributed by atoms with E-state index in [2.05, 4.69) is 35.8 Å². The molecule has 1 amide bonds. The summed E-state index contributed by atoms with van der Waals surface area (Å²) in [5, 5.41) is 1.76. The predicted molar refractivity (Wildman–Crippen MR) is 85.7 cm³/mol. The number of aromatic nitrogens is 1. The van der Waals surface area contributed by atoms with E-state index in [1.807, 2.05) is 12.3 Å². The summed E-state index contributed by atoms with van der Waals surface area (Å²) in [6.07, 6.45) is 2.04. The molecule has 2 N–H and O–H groups in total. The molecule has 0 fully saturated rings. The van der Waals surface area contributed by atoms with Gasteiger partial charge in [0.2, 0.25) is 5.91 Å². The highest BCUT2D eigenvalue weighted by Gasteiger charge is 2.08. The first-order valence-corrected chi connectivity index (χ1v) is 7.06. The normalized spacial score (nSPS) is 11.0. The number of carbonyl (C=O) groups excluding carboxylic acids is 1. The summed E-state index contributed by atoms with van der Waals surface area (Å²) >= 11 is 6.25. The quantitative estimate of drug-likeness (QED) is 0.786. The molecule has 0 unspecified atom stereocenters. The molecule has 3 nitrogen and oxygen atoms in total. The predicted octanol–water partition coefficient (Wildman–Crippen LogP) is 3.75. The number of fused-ring (bicyclic) bond motifs is 1. The Labute approximate surface area is 127 Å². The van der Waals surface area contributed by atoms with Crippen LogP contribution in [0.25, 0.3) is 10.9 Å². The third kappa shape index (κ3) is 2.65. The van der Waals surface area contributed by atoms with Gasteiger partial charge in [0, 0.05) is 28.8 Å². The van der Waals surface area contributed by atoms with E-state index in [9.17, 15) is 4.79 Å². The smallest absolute Gasteiger partial charge is 0.248 e. The SMILES string of the molecule is Cc1ccc2ccn(Cc3ccc(C(N)=O)cc3Cl)c2c1. The van der Waals surface area contributed by atoms with Crippen LogP contribution in [0.4, 0.5) is 0 Å². The molecule has 2 aromatic carbocycles. The van der Waals surface area contributed by atoms with Crippen LogP contribution in [0.5, 0.6) is 0 Å². The number of hydrogen-bond donors (Lipinski definition) is 1. The van der Waals surface area contributed by atoms with Crippen molar-refractivity contribution in [3.05, 3.63) is 70.4 Å². The van der Waals surface area contributed by atoms with Crippen LogP contribution < -0.4 is 5.73 Å². The number of aryl methyl sites for hydroxylation is 1. The number of nitrogens with zero attached hydrogens (tertiary/aromatic N) is 1. The fourth-order valence-electron chi connectivity index (χ4n) is 2.44. The lowest BCUT2D eigenvalue weighted by molar-refractivity contribution is 0.100. The largest absolute Gasteiger partial charge is 0.366 e. The number of hydrogen-bond acceptors (Lipinski definition) is 1. The van der Waals surface area contributed by atoms with E-state index < -0.39 is 5.91 Å². The maximum atomic E-state index is 11.2. The average Bonchev–Trinajstić information content (AvgIpc) is 2.83. The minimum Gasteiger partial charge on any atom is -0.366 e. The first-order valence-electron chi connectivity index (χ1n) is 6.68. The Balaban J connectivity index is 1.99. The number of primary amides is 1. The van der Waals surface area contributed by atoms with E-state index in [0.717, 1.165) is 5.56 Å². The molecule has 0 aliphatic rings. The monoisotopic (exact) mass is 298 g/mol. The number of benzene rings is 2. The topological polar surface area (TPSA) is 48.0 Å². The molecule has 1 aromatic heterocycles. The summed E-state index contributed by atoms with van der Waals surface area (Å²) in [6.45, 7) is 2.73. The highest BCUT2D eigenvalue weighted by atomic mass is 35.5. The van der Waals surface area contributed by atoms with Gasteiger partial charge in [0.05, 0.1) is 0 Å². The lowest BCUT2D eigenvalue weighted by atomic mass is 10.1. The first-order chi connectivity index (χ1) is 10.0. The minimum absolute atomic E-state index is 0.428. The molecule has 0 saturated heterocycles. The molecule has 106 valence electrons. The van der Waals surface area contributed by atoms with Crippen molar-refractivity contribution < 1.29 is 4.79 Å². The van der Waals surface area contributed by atoms with Crippen LogP contribution in [0, 0.1) is 6.92 Å². The van der Waals surface area contributed by atoms with Crippen LogP contribution >= 0.6 is 11.6 Å². The number of rotatable bonds is 3. The lowest BCUT2D eigenvalue weighted by Crippen LogP contribution is -2.11. The number of halogens is 1. The first kappa shape index (κ1) is 13.7. The average molecular weight is 299 g/mol. The van der Waals surface area contributed by atoms with Crippen LogP contribution in [0.1, 0.15) is 21.5 Å². The second-order valence-electron chi connectivity index (χ2n) is 5.18. The van der Waals surface area contributed by atoms with Crippen molar-refractivity contribution in [1.29, 1.82) is 0 Å². The molecule has 0 saturated carbocycles. The second-order valence-corrected chi connectivity index (χ2v) is 5.58. The third-order valence-electron chi connectivity index (χ3n) is 3.61. The van der Waals surface area contributed by atoms with Gasteiger partial charge in [-0.1, -0.05) is 29.8 Å². The molecule has 0 aliphatic carbocycles. The van der Waals surface area contributed by atoms with Gasteiger partial charge in [0.1, 0.15) is 0 Å². The molecule has 21 heavy (non-hydrogen) atoms. The van der Waals surface area contributed by atoms with Crippen molar-refractivity contribution in [2.45, 2.75) is 13.5 Å². The summed E-state index contributed by atoms with van der Waals surface area (Å²) in [5.74, 6) is -0.467. The molecule has 3 rings (SSSR count). The molecule has 0 atom stereocenters. The fraction of sp³-hybridized carbons (Fsp3) is 0.118. The molecule has 0 radical (unpaired) electrons.